The molecule has 2 aliphatic rings. The molecule has 0 saturated carbocycles. The zero-order valence-electron chi connectivity index (χ0n) is 14.5. The van der Waals surface area contributed by atoms with Crippen molar-refractivity contribution in [2.45, 2.75) is 31.7 Å². The number of rotatable bonds is 3. The molecule has 2 aromatic carbocycles. The van der Waals surface area contributed by atoms with Crippen LogP contribution in [0.15, 0.2) is 60.7 Å². The maximum Gasteiger partial charge on any atom is 0.0233 e. The lowest BCUT2D eigenvalue weighted by molar-refractivity contribution is 0.0505. The molecule has 2 heteroatoms. The van der Waals surface area contributed by atoms with Gasteiger partial charge >= 0.3 is 0 Å². The number of hydrogen-bond donors (Lipinski definition) is 1. The zero-order valence-corrected chi connectivity index (χ0v) is 14.5. The molecule has 2 fully saturated rings. The maximum absolute atomic E-state index is 3.64. The molecule has 2 nitrogen and oxygen atoms in total. The molecule has 2 heterocycles. The summed E-state index contributed by atoms with van der Waals surface area (Å²) in [6, 6.07) is 22.1. The second-order valence-electron chi connectivity index (χ2n) is 7.54. The first-order valence-electron chi connectivity index (χ1n) is 9.38. The van der Waals surface area contributed by atoms with Gasteiger partial charge in [-0.05, 0) is 55.4 Å². The van der Waals surface area contributed by atoms with Crippen molar-refractivity contribution in [3.05, 3.63) is 71.8 Å². The van der Waals surface area contributed by atoms with E-state index in [9.17, 15) is 0 Å². The van der Waals surface area contributed by atoms with E-state index >= 15 is 0 Å². The molecule has 0 aromatic heterocycles. The first-order chi connectivity index (χ1) is 11.9. The summed E-state index contributed by atoms with van der Waals surface area (Å²) in [6.07, 6.45) is 3.99. The third kappa shape index (κ3) is 3.26. The summed E-state index contributed by atoms with van der Waals surface area (Å²) >= 11 is 0. The van der Waals surface area contributed by atoms with E-state index in [0.29, 0.717) is 11.3 Å². The van der Waals surface area contributed by atoms with Gasteiger partial charge in [-0.2, -0.15) is 0 Å². The highest BCUT2D eigenvalue weighted by molar-refractivity contribution is 5.24. The Bertz CT molecular complexity index is 630. The fraction of sp³-hybridized carbons (Fsp3) is 0.455. The fourth-order valence-electron chi connectivity index (χ4n) is 4.73. The molecule has 1 spiro atoms. The van der Waals surface area contributed by atoms with Crippen LogP contribution in [0.4, 0.5) is 0 Å². The fourth-order valence-corrected chi connectivity index (χ4v) is 4.73. The van der Waals surface area contributed by atoms with E-state index in [-0.39, 0.29) is 0 Å². The lowest BCUT2D eigenvalue weighted by Gasteiger charge is -2.50. The number of nitrogens with one attached hydrogen (secondary N) is 1. The molecular formula is C22H28N2. The Morgan fingerprint density at radius 3 is 2.25 bits per heavy atom. The van der Waals surface area contributed by atoms with Crippen LogP contribution >= 0.6 is 0 Å². The van der Waals surface area contributed by atoms with Crippen LogP contribution in [0.5, 0.6) is 0 Å². The molecule has 2 aromatic rings. The van der Waals surface area contributed by atoms with Gasteiger partial charge in [-0.1, -0.05) is 60.7 Å². The average molecular weight is 320 g/mol. The van der Waals surface area contributed by atoms with Gasteiger partial charge in [0.2, 0.25) is 0 Å². The van der Waals surface area contributed by atoms with E-state index in [1.807, 2.05) is 0 Å². The second kappa shape index (κ2) is 7.08. The molecule has 1 unspecified atom stereocenters. The number of nitrogens with zero attached hydrogens (tertiary/aromatic N) is 1. The first kappa shape index (κ1) is 15.9. The number of hydrogen-bond acceptors (Lipinski definition) is 2. The van der Waals surface area contributed by atoms with Crippen LogP contribution in [-0.4, -0.2) is 31.1 Å². The highest BCUT2D eigenvalue weighted by Crippen LogP contribution is 2.48. The smallest absolute Gasteiger partial charge is 0.0233 e. The van der Waals surface area contributed by atoms with Gasteiger partial charge in [0, 0.05) is 19.0 Å². The molecule has 0 radical (unpaired) electrons. The molecule has 0 bridgehead atoms. The average Bonchev–Trinajstić information content (AvgIpc) is 2.66. The molecule has 2 aliphatic heterocycles. The van der Waals surface area contributed by atoms with Crippen molar-refractivity contribution in [3.8, 4) is 0 Å². The lowest BCUT2D eigenvalue weighted by atomic mass is 9.63. The molecule has 126 valence electrons. The van der Waals surface area contributed by atoms with Gasteiger partial charge in [0.25, 0.3) is 0 Å². The Kier molecular flexibility index (Phi) is 4.68. The van der Waals surface area contributed by atoms with Crippen LogP contribution in [0, 0.1) is 5.41 Å². The Morgan fingerprint density at radius 1 is 0.875 bits per heavy atom. The van der Waals surface area contributed by atoms with Crippen molar-refractivity contribution < 1.29 is 0 Å². The van der Waals surface area contributed by atoms with Gasteiger partial charge in [0.1, 0.15) is 0 Å². The molecular weight excluding hydrogens is 292 g/mol. The Labute approximate surface area is 145 Å². The molecule has 0 amide bonds. The van der Waals surface area contributed by atoms with Crippen LogP contribution < -0.4 is 5.32 Å². The van der Waals surface area contributed by atoms with E-state index in [1.54, 1.807) is 0 Å². The third-order valence-corrected chi connectivity index (χ3v) is 6.19. The van der Waals surface area contributed by atoms with Crippen LogP contribution in [0.2, 0.25) is 0 Å². The summed E-state index contributed by atoms with van der Waals surface area (Å²) in [5.41, 5.74) is 3.47. The molecule has 2 saturated heterocycles. The van der Waals surface area contributed by atoms with Gasteiger partial charge in [0.15, 0.2) is 0 Å². The Hall–Kier alpha value is -1.64. The van der Waals surface area contributed by atoms with E-state index in [2.05, 4.69) is 70.9 Å². The predicted octanol–water partition coefficient (Wildman–Crippen LogP) is 4.05. The van der Waals surface area contributed by atoms with Crippen LogP contribution in [0.1, 0.15) is 36.3 Å². The SMILES string of the molecule is c1ccc(CN2CCC3(CCNCC3c3ccccc3)CC2)cc1. The maximum atomic E-state index is 3.64. The minimum Gasteiger partial charge on any atom is -0.316 e. The summed E-state index contributed by atoms with van der Waals surface area (Å²) < 4.78 is 0. The predicted molar refractivity (Wildman–Crippen MR) is 100 cm³/mol. The molecule has 4 rings (SSSR count). The standard InChI is InChI=1S/C22H28N2/c1-3-7-19(8-4-1)18-24-15-12-22(13-16-24)11-14-23-17-21(22)20-9-5-2-6-10-20/h1-10,21,23H,11-18H2. The van der Waals surface area contributed by atoms with Gasteiger partial charge in [-0.3, -0.25) is 4.90 Å². The van der Waals surface area contributed by atoms with Crippen LogP contribution in [0.3, 0.4) is 0 Å². The van der Waals surface area contributed by atoms with Crippen molar-refractivity contribution in [2.24, 2.45) is 5.41 Å². The minimum absolute atomic E-state index is 0.500. The summed E-state index contributed by atoms with van der Waals surface area (Å²) in [5, 5.41) is 3.64. The minimum atomic E-state index is 0.500. The topological polar surface area (TPSA) is 15.3 Å². The monoisotopic (exact) mass is 320 g/mol. The number of piperidine rings is 2. The highest BCUT2D eigenvalue weighted by Gasteiger charge is 2.43. The summed E-state index contributed by atoms with van der Waals surface area (Å²) in [4.78, 5) is 2.64. The van der Waals surface area contributed by atoms with Crippen LogP contribution in [0.25, 0.3) is 0 Å². The van der Waals surface area contributed by atoms with Crippen molar-refractivity contribution in [2.75, 3.05) is 26.2 Å². The highest BCUT2D eigenvalue weighted by atomic mass is 15.1. The van der Waals surface area contributed by atoms with Gasteiger partial charge < -0.3 is 5.32 Å². The van der Waals surface area contributed by atoms with Crippen molar-refractivity contribution in [3.63, 3.8) is 0 Å². The van der Waals surface area contributed by atoms with Gasteiger partial charge in [-0.15, -0.1) is 0 Å². The zero-order chi connectivity index (χ0) is 16.2. The van der Waals surface area contributed by atoms with E-state index < -0.39 is 0 Å². The van der Waals surface area contributed by atoms with E-state index in [4.69, 9.17) is 0 Å². The first-order valence-corrected chi connectivity index (χ1v) is 9.38. The lowest BCUT2D eigenvalue weighted by Crippen LogP contribution is -2.49. The number of benzene rings is 2. The van der Waals surface area contributed by atoms with Crippen molar-refractivity contribution in [1.82, 2.24) is 10.2 Å². The van der Waals surface area contributed by atoms with Crippen LogP contribution in [-0.2, 0) is 6.54 Å². The van der Waals surface area contributed by atoms with E-state index in [1.165, 1.54) is 50.0 Å². The Balaban J connectivity index is 1.46. The second-order valence-corrected chi connectivity index (χ2v) is 7.54. The largest absolute Gasteiger partial charge is 0.316 e. The van der Waals surface area contributed by atoms with Gasteiger partial charge in [0.05, 0.1) is 0 Å². The molecule has 24 heavy (non-hydrogen) atoms. The van der Waals surface area contributed by atoms with Gasteiger partial charge in [-0.25, -0.2) is 0 Å². The Morgan fingerprint density at radius 2 is 1.54 bits per heavy atom. The molecule has 1 N–H and O–H groups in total. The quantitative estimate of drug-likeness (QED) is 0.918. The van der Waals surface area contributed by atoms with Crippen molar-refractivity contribution >= 4 is 0 Å². The normalized spacial score (nSPS) is 24.1. The summed E-state index contributed by atoms with van der Waals surface area (Å²) in [6.45, 7) is 5.90. The summed E-state index contributed by atoms with van der Waals surface area (Å²) in [5.74, 6) is 0.673. The molecule has 1 atom stereocenters. The summed E-state index contributed by atoms with van der Waals surface area (Å²) in [7, 11) is 0. The van der Waals surface area contributed by atoms with E-state index in [0.717, 1.165) is 13.1 Å². The third-order valence-electron chi connectivity index (χ3n) is 6.19. The number of likely N-dealkylation sites (tertiary alicyclic amines) is 1. The molecule has 0 aliphatic carbocycles. The van der Waals surface area contributed by atoms with Crippen molar-refractivity contribution in [1.29, 1.82) is 0 Å².